The molecule has 2 rings (SSSR count). The van der Waals surface area contributed by atoms with E-state index in [1.54, 1.807) is 19.1 Å². The molecule has 0 fully saturated rings. The Labute approximate surface area is 152 Å². The summed E-state index contributed by atoms with van der Waals surface area (Å²) in [6, 6.07) is 7.62. The lowest BCUT2D eigenvalue weighted by Crippen LogP contribution is -2.36. The van der Waals surface area contributed by atoms with Crippen LogP contribution in [0.2, 0.25) is 0 Å². The monoisotopic (exact) mass is 363 g/mol. The van der Waals surface area contributed by atoms with Crippen LogP contribution in [0.1, 0.15) is 27.2 Å². The first-order valence-corrected chi connectivity index (χ1v) is 8.93. The van der Waals surface area contributed by atoms with Crippen molar-refractivity contribution in [2.75, 3.05) is 32.3 Å². The summed E-state index contributed by atoms with van der Waals surface area (Å²) >= 11 is 1.40. The quantitative estimate of drug-likeness (QED) is 0.751. The number of carbonyl (C=O) groups is 1. The van der Waals surface area contributed by atoms with Gasteiger partial charge in [-0.15, -0.1) is 10.2 Å². The van der Waals surface area contributed by atoms with Crippen molar-refractivity contribution in [3.8, 4) is 16.3 Å². The van der Waals surface area contributed by atoms with E-state index in [0.29, 0.717) is 24.7 Å². The van der Waals surface area contributed by atoms with Gasteiger partial charge in [0.25, 0.3) is 0 Å². The summed E-state index contributed by atoms with van der Waals surface area (Å²) in [4.78, 5) is 14.4. The van der Waals surface area contributed by atoms with E-state index in [4.69, 9.17) is 9.47 Å². The van der Waals surface area contributed by atoms with Crippen molar-refractivity contribution >= 4 is 22.4 Å². The SMILES string of the molecule is COCCN(C(=O)CC(C)(C)C)c1nnc(-c2ccc(OC)cc2)s1. The van der Waals surface area contributed by atoms with Gasteiger partial charge < -0.3 is 9.47 Å². The summed E-state index contributed by atoms with van der Waals surface area (Å²) in [5, 5.41) is 9.83. The molecule has 1 aromatic carbocycles. The van der Waals surface area contributed by atoms with E-state index in [1.807, 2.05) is 45.0 Å². The van der Waals surface area contributed by atoms with Gasteiger partial charge in [-0.05, 0) is 29.7 Å². The Balaban J connectivity index is 2.22. The average Bonchev–Trinajstić information content (AvgIpc) is 3.03. The number of carbonyl (C=O) groups excluding carboxylic acids is 1. The number of amides is 1. The van der Waals surface area contributed by atoms with Gasteiger partial charge in [0.15, 0.2) is 0 Å². The molecule has 1 amide bonds. The fourth-order valence-electron chi connectivity index (χ4n) is 2.23. The van der Waals surface area contributed by atoms with Crippen LogP contribution in [0.15, 0.2) is 24.3 Å². The standard InChI is InChI=1S/C18H25N3O3S/c1-18(2,3)12-15(22)21(10-11-23-4)17-20-19-16(25-17)13-6-8-14(24-5)9-7-13/h6-9H,10-12H2,1-5H3. The van der Waals surface area contributed by atoms with Crippen LogP contribution in [-0.2, 0) is 9.53 Å². The first-order valence-electron chi connectivity index (χ1n) is 8.11. The van der Waals surface area contributed by atoms with Gasteiger partial charge in [0, 0.05) is 19.1 Å². The molecular formula is C18H25N3O3S. The van der Waals surface area contributed by atoms with Crippen molar-refractivity contribution in [1.29, 1.82) is 0 Å². The number of methoxy groups -OCH3 is 2. The Kier molecular flexibility index (Phi) is 6.50. The van der Waals surface area contributed by atoms with Crippen molar-refractivity contribution in [3.05, 3.63) is 24.3 Å². The third-order valence-electron chi connectivity index (χ3n) is 3.48. The molecule has 6 nitrogen and oxygen atoms in total. The zero-order valence-corrected chi connectivity index (χ0v) is 16.2. The average molecular weight is 363 g/mol. The molecule has 0 aliphatic heterocycles. The summed E-state index contributed by atoms with van der Waals surface area (Å²) < 4.78 is 10.3. The summed E-state index contributed by atoms with van der Waals surface area (Å²) in [6.45, 7) is 7.04. The van der Waals surface area contributed by atoms with Crippen LogP contribution in [0, 0.1) is 5.41 Å². The second kappa shape index (κ2) is 8.40. The molecule has 0 spiro atoms. The number of anilines is 1. The third-order valence-corrected chi connectivity index (χ3v) is 4.48. The molecular weight excluding hydrogens is 338 g/mol. The highest BCUT2D eigenvalue weighted by atomic mass is 32.1. The van der Waals surface area contributed by atoms with E-state index in [9.17, 15) is 4.79 Å². The predicted octanol–water partition coefficient (Wildman–Crippen LogP) is 3.63. The molecule has 0 unspecified atom stereocenters. The van der Waals surface area contributed by atoms with Crippen molar-refractivity contribution in [1.82, 2.24) is 10.2 Å². The van der Waals surface area contributed by atoms with Gasteiger partial charge in [0.2, 0.25) is 11.0 Å². The predicted molar refractivity (Wildman–Crippen MR) is 100 cm³/mol. The Morgan fingerprint density at radius 3 is 2.40 bits per heavy atom. The molecule has 25 heavy (non-hydrogen) atoms. The van der Waals surface area contributed by atoms with E-state index in [1.165, 1.54) is 11.3 Å². The van der Waals surface area contributed by atoms with E-state index in [2.05, 4.69) is 10.2 Å². The van der Waals surface area contributed by atoms with Crippen LogP contribution in [0.4, 0.5) is 5.13 Å². The minimum absolute atomic E-state index is 0.0296. The van der Waals surface area contributed by atoms with E-state index >= 15 is 0 Å². The van der Waals surface area contributed by atoms with Crippen molar-refractivity contribution in [3.63, 3.8) is 0 Å². The topological polar surface area (TPSA) is 64.5 Å². The van der Waals surface area contributed by atoms with E-state index < -0.39 is 0 Å². The minimum atomic E-state index is -0.0914. The number of hydrogen-bond donors (Lipinski definition) is 0. The maximum Gasteiger partial charge on any atom is 0.229 e. The van der Waals surface area contributed by atoms with Crippen LogP contribution in [0.25, 0.3) is 10.6 Å². The van der Waals surface area contributed by atoms with Gasteiger partial charge in [0.1, 0.15) is 10.8 Å². The van der Waals surface area contributed by atoms with Crippen LogP contribution >= 0.6 is 11.3 Å². The highest BCUT2D eigenvalue weighted by Crippen LogP contribution is 2.31. The smallest absolute Gasteiger partial charge is 0.229 e. The summed E-state index contributed by atoms with van der Waals surface area (Å²) in [6.07, 6.45) is 0.439. The molecule has 1 aromatic heterocycles. The number of ether oxygens (including phenoxy) is 2. The van der Waals surface area contributed by atoms with Gasteiger partial charge in [-0.3, -0.25) is 9.69 Å². The molecule has 0 aliphatic carbocycles. The zero-order chi connectivity index (χ0) is 18.4. The third kappa shape index (κ3) is 5.51. The van der Waals surface area contributed by atoms with Crippen LogP contribution in [0.5, 0.6) is 5.75 Å². The highest BCUT2D eigenvalue weighted by molar-refractivity contribution is 7.18. The lowest BCUT2D eigenvalue weighted by molar-refractivity contribution is -0.120. The fourth-order valence-corrected chi connectivity index (χ4v) is 3.13. The molecule has 0 saturated heterocycles. The number of benzene rings is 1. The molecule has 0 aliphatic rings. The Morgan fingerprint density at radius 1 is 1.16 bits per heavy atom. The Bertz CT molecular complexity index is 692. The second-order valence-electron chi connectivity index (χ2n) is 6.89. The van der Waals surface area contributed by atoms with Gasteiger partial charge >= 0.3 is 0 Å². The minimum Gasteiger partial charge on any atom is -0.497 e. The maximum absolute atomic E-state index is 12.7. The van der Waals surface area contributed by atoms with Crippen molar-refractivity contribution in [2.45, 2.75) is 27.2 Å². The maximum atomic E-state index is 12.7. The molecule has 7 heteroatoms. The lowest BCUT2D eigenvalue weighted by atomic mass is 9.92. The van der Waals surface area contributed by atoms with Gasteiger partial charge in [0.05, 0.1) is 20.3 Å². The van der Waals surface area contributed by atoms with Gasteiger partial charge in [-0.1, -0.05) is 32.1 Å². The molecule has 2 aromatic rings. The molecule has 1 heterocycles. The van der Waals surface area contributed by atoms with E-state index in [-0.39, 0.29) is 11.3 Å². The van der Waals surface area contributed by atoms with Crippen LogP contribution in [-0.4, -0.2) is 43.5 Å². The van der Waals surface area contributed by atoms with Gasteiger partial charge in [-0.2, -0.15) is 0 Å². The molecule has 0 atom stereocenters. The van der Waals surface area contributed by atoms with E-state index in [0.717, 1.165) is 16.3 Å². The Hall–Kier alpha value is -1.99. The Morgan fingerprint density at radius 2 is 1.84 bits per heavy atom. The molecule has 0 bridgehead atoms. The summed E-state index contributed by atoms with van der Waals surface area (Å²) in [5.74, 6) is 0.817. The largest absolute Gasteiger partial charge is 0.497 e. The van der Waals surface area contributed by atoms with Gasteiger partial charge in [-0.25, -0.2) is 0 Å². The number of aromatic nitrogens is 2. The highest BCUT2D eigenvalue weighted by Gasteiger charge is 2.25. The number of hydrogen-bond acceptors (Lipinski definition) is 6. The van der Waals surface area contributed by atoms with Crippen molar-refractivity contribution < 1.29 is 14.3 Å². The first-order chi connectivity index (χ1) is 11.8. The fraction of sp³-hybridized carbons (Fsp3) is 0.500. The van der Waals surface area contributed by atoms with Crippen LogP contribution in [0.3, 0.4) is 0 Å². The number of nitrogens with zero attached hydrogens (tertiary/aromatic N) is 3. The molecule has 0 radical (unpaired) electrons. The summed E-state index contributed by atoms with van der Waals surface area (Å²) in [5.41, 5.74) is 0.853. The zero-order valence-electron chi connectivity index (χ0n) is 15.4. The first kappa shape index (κ1) is 19.3. The molecule has 0 saturated carbocycles. The van der Waals surface area contributed by atoms with Crippen LogP contribution < -0.4 is 9.64 Å². The molecule has 136 valence electrons. The summed E-state index contributed by atoms with van der Waals surface area (Å²) in [7, 11) is 3.25. The lowest BCUT2D eigenvalue weighted by Gasteiger charge is -2.24. The second-order valence-corrected chi connectivity index (χ2v) is 7.85. The normalized spacial score (nSPS) is 11.4. The number of rotatable bonds is 7. The molecule has 0 N–H and O–H groups in total. The van der Waals surface area contributed by atoms with Crippen molar-refractivity contribution in [2.24, 2.45) is 5.41 Å².